The summed E-state index contributed by atoms with van der Waals surface area (Å²) in [5.74, 6) is 5.26. The fourth-order valence-electron chi connectivity index (χ4n) is 2.26. The molecular formula is C11H15N5O2. The van der Waals surface area contributed by atoms with Crippen LogP contribution in [0.2, 0.25) is 0 Å². The molecule has 0 atom stereocenters. The van der Waals surface area contributed by atoms with Gasteiger partial charge >= 0.3 is 0 Å². The van der Waals surface area contributed by atoms with Gasteiger partial charge in [-0.1, -0.05) is 18.0 Å². The number of amides is 1. The van der Waals surface area contributed by atoms with Crippen molar-refractivity contribution in [3.8, 4) is 0 Å². The first-order valence-corrected chi connectivity index (χ1v) is 5.84. The molecule has 1 aliphatic carbocycles. The smallest absolute Gasteiger partial charge is 0.273 e. The summed E-state index contributed by atoms with van der Waals surface area (Å²) in [6.45, 7) is 0.131. The summed E-state index contributed by atoms with van der Waals surface area (Å²) in [7, 11) is 0. The lowest BCUT2D eigenvalue weighted by Crippen LogP contribution is -2.47. The van der Waals surface area contributed by atoms with Crippen LogP contribution in [0.15, 0.2) is 23.8 Å². The van der Waals surface area contributed by atoms with Crippen LogP contribution in [0.1, 0.15) is 36.2 Å². The van der Waals surface area contributed by atoms with Crippen LogP contribution in [0.3, 0.4) is 0 Å². The monoisotopic (exact) mass is 249 g/mol. The molecule has 0 spiro atoms. The average Bonchev–Trinajstić information content (AvgIpc) is 2.88. The Morgan fingerprint density at radius 1 is 1.44 bits per heavy atom. The maximum atomic E-state index is 11.9. The van der Waals surface area contributed by atoms with Gasteiger partial charge in [0.2, 0.25) is 0 Å². The first kappa shape index (κ1) is 12.6. The second-order valence-corrected chi connectivity index (χ2v) is 4.55. The van der Waals surface area contributed by atoms with Gasteiger partial charge in [-0.15, -0.1) is 0 Å². The van der Waals surface area contributed by atoms with E-state index >= 15 is 0 Å². The zero-order chi connectivity index (χ0) is 13.0. The lowest BCUT2D eigenvalue weighted by atomic mass is 9.99. The number of hydrogen-bond acceptors (Lipinski definition) is 6. The normalized spacial score (nSPS) is 17.4. The van der Waals surface area contributed by atoms with E-state index in [0.29, 0.717) is 12.8 Å². The average molecular weight is 249 g/mol. The van der Waals surface area contributed by atoms with E-state index in [1.54, 1.807) is 0 Å². The highest BCUT2D eigenvalue weighted by atomic mass is 16.3. The zero-order valence-electron chi connectivity index (χ0n) is 9.95. The van der Waals surface area contributed by atoms with Gasteiger partial charge in [-0.05, 0) is 12.8 Å². The summed E-state index contributed by atoms with van der Waals surface area (Å²) >= 11 is 0. The van der Waals surface area contributed by atoms with Crippen molar-refractivity contribution >= 4 is 5.91 Å². The number of nitrogens with two attached hydrogens (primary N) is 1. The molecule has 7 heteroatoms. The van der Waals surface area contributed by atoms with Crippen LogP contribution in [0.4, 0.5) is 0 Å². The van der Waals surface area contributed by atoms with Gasteiger partial charge in [-0.3, -0.25) is 14.8 Å². The van der Waals surface area contributed by atoms with Crippen molar-refractivity contribution < 1.29 is 4.79 Å². The predicted octanol–water partition coefficient (Wildman–Crippen LogP) is 0.872. The van der Waals surface area contributed by atoms with E-state index < -0.39 is 11.4 Å². The van der Waals surface area contributed by atoms with Crippen LogP contribution in [0.25, 0.3) is 0 Å². The molecule has 0 aliphatic heterocycles. The van der Waals surface area contributed by atoms with Crippen molar-refractivity contribution in [2.75, 3.05) is 6.54 Å². The van der Waals surface area contributed by atoms with Gasteiger partial charge in [0.25, 0.3) is 5.91 Å². The third kappa shape index (κ3) is 2.51. The second kappa shape index (κ2) is 5.18. The van der Waals surface area contributed by atoms with Crippen molar-refractivity contribution in [3.63, 3.8) is 0 Å². The SMILES string of the molecule is NN(CC1(N=O)CCCC1)C(=O)c1cnccn1. The Labute approximate surface area is 104 Å². The molecule has 0 radical (unpaired) electrons. The quantitative estimate of drug-likeness (QED) is 0.369. The molecule has 1 aliphatic rings. The van der Waals surface area contributed by atoms with Crippen LogP contribution in [0.5, 0.6) is 0 Å². The summed E-state index contributed by atoms with van der Waals surface area (Å²) < 4.78 is 0. The van der Waals surface area contributed by atoms with Gasteiger partial charge in [0.05, 0.1) is 12.7 Å². The van der Waals surface area contributed by atoms with Crippen LogP contribution < -0.4 is 5.84 Å². The molecule has 1 aromatic rings. The van der Waals surface area contributed by atoms with Crippen molar-refractivity contribution in [1.82, 2.24) is 15.0 Å². The van der Waals surface area contributed by atoms with E-state index in [-0.39, 0.29) is 12.2 Å². The minimum atomic E-state index is -0.730. The fourth-order valence-corrected chi connectivity index (χ4v) is 2.26. The highest BCUT2D eigenvalue weighted by Gasteiger charge is 2.38. The first-order valence-electron chi connectivity index (χ1n) is 5.84. The van der Waals surface area contributed by atoms with Gasteiger partial charge in [0.15, 0.2) is 0 Å². The number of rotatable bonds is 4. The molecule has 1 saturated carbocycles. The minimum absolute atomic E-state index is 0.131. The molecular weight excluding hydrogens is 234 g/mol. The topological polar surface area (TPSA) is 102 Å². The summed E-state index contributed by atoms with van der Waals surface area (Å²) in [6, 6.07) is 0. The van der Waals surface area contributed by atoms with E-state index in [1.807, 2.05) is 0 Å². The third-order valence-corrected chi connectivity index (χ3v) is 3.24. The molecule has 0 bridgehead atoms. The summed E-state index contributed by atoms with van der Waals surface area (Å²) in [5, 5.41) is 4.19. The highest BCUT2D eigenvalue weighted by molar-refractivity contribution is 5.91. The van der Waals surface area contributed by atoms with Crippen LogP contribution in [-0.2, 0) is 0 Å². The maximum Gasteiger partial charge on any atom is 0.288 e. The van der Waals surface area contributed by atoms with E-state index in [1.165, 1.54) is 18.6 Å². The molecule has 1 amide bonds. The lowest BCUT2D eigenvalue weighted by Gasteiger charge is -2.26. The van der Waals surface area contributed by atoms with E-state index in [9.17, 15) is 9.70 Å². The van der Waals surface area contributed by atoms with Crippen molar-refractivity contribution in [2.45, 2.75) is 31.2 Å². The van der Waals surface area contributed by atoms with Gasteiger partial charge in [0, 0.05) is 12.4 Å². The molecule has 96 valence electrons. The molecule has 2 rings (SSSR count). The number of nitrogens with zero attached hydrogens (tertiary/aromatic N) is 4. The first-order chi connectivity index (χ1) is 8.67. The van der Waals surface area contributed by atoms with Crippen molar-refractivity contribution in [1.29, 1.82) is 0 Å². The summed E-state index contributed by atoms with van der Waals surface area (Å²) in [4.78, 5) is 30.6. The molecule has 1 fully saturated rings. The summed E-state index contributed by atoms with van der Waals surface area (Å²) in [6.07, 6.45) is 7.49. The lowest BCUT2D eigenvalue weighted by molar-refractivity contribution is 0.0708. The fraction of sp³-hybridized carbons (Fsp3) is 0.545. The largest absolute Gasteiger partial charge is 0.288 e. The molecule has 18 heavy (non-hydrogen) atoms. The summed E-state index contributed by atoms with van der Waals surface area (Å²) in [5.41, 5.74) is -0.564. The molecule has 1 heterocycles. The van der Waals surface area contributed by atoms with Crippen molar-refractivity contribution in [2.24, 2.45) is 11.0 Å². The Bertz CT molecular complexity index is 430. The second-order valence-electron chi connectivity index (χ2n) is 4.55. The van der Waals surface area contributed by atoms with Crippen LogP contribution >= 0.6 is 0 Å². The Morgan fingerprint density at radius 2 is 2.17 bits per heavy atom. The molecule has 1 aromatic heterocycles. The van der Waals surface area contributed by atoms with Crippen LogP contribution in [0, 0.1) is 4.91 Å². The van der Waals surface area contributed by atoms with Crippen LogP contribution in [-0.4, -0.2) is 33.0 Å². The number of aromatic nitrogens is 2. The van der Waals surface area contributed by atoms with E-state index in [0.717, 1.165) is 17.9 Å². The van der Waals surface area contributed by atoms with Gasteiger partial charge in [-0.25, -0.2) is 10.8 Å². The van der Waals surface area contributed by atoms with E-state index in [4.69, 9.17) is 5.84 Å². The van der Waals surface area contributed by atoms with Crippen molar-refractivity contribution in [3.05, 3.63) is 29.2 Å². The molecule has 7 nitrogen and oxygen atoms in total. The van der Waals surface area contributed by atoms with E-state index in [2.05, 4.69) is 15.1 Å². The minimum Gasteiger partial charge on any atom is -0.273 e. The molecule has 0 saturated heterocycles. The molecule has 2 N–H and O–H groups in total. The standard InChI is InChI=1S/C11H15N5O2/c12-16(8-11(15-18)3-1-2-4-11)10(17)9-7-13-5-6-14-9/h5-7H,1-4,8,12H2. The highest BCUT2D eigenvalue weighted by Crippen LogP contribution is 2.33. The maximum absolute atomic E-state index is 11.9. The Morgan fingerprint density at radius 3 is 2.72 bits per heavy atom. The molecule has 0 unspecified atom stereocenters. The predicted molar refractivity (Wildman–Crippen MR) is 64.2 cm³/mol. The van der Waals surface area contributed by atoms with Gasteiger partial charge < -0.3 is 0 Å². The number of nitroso groups, excluding NO2 is 1. The number of carbonyl (C=O) groups excluding carboxylic acids is 1. The Balaban J connectivity index is 2.06. The third-order valence-electron chi connectivity index (χ3n) is 3.24. The Hall–Kier alpha value is -1.89. The number of hydrazine groups is 1. The Kier molecular flexibility index (Phi) is 3.61. The number of hydrogen-bond donors (Lipinski definition) is 1. The molecule has 0 aromatic carbocycles. The van der Waals surface area contributed by atoms with Gasteiger partial charge in [-0.2, -0.15) is 4.91 Å². The number of carbonyl (C=O) groups is 1. The zero-order valence-corrected chi connectivity index (χ0v) is 9.95. The van der Waals surface area contributed by atoms with Gasteiger partial charge in [0.1, 0.15) is 11.2 Å².